The average Bonchev–Trinajstić information content (AvgIpc) is 2.04. The van der Waals surface area contributed by atoms with Gasteiger partial charge in [-0.25, -0.2) is 0 Å². The Kier molecular flexibility index (Phi) is 4.87. The van der Waals surface area contributed by atoms with E-state index >= 15 is 0 Å². The largest absolute Gasteiger partial charge is 0.396 e. The van der Waals surface area contributed by atoms with Crippen LogP contribution >= 0.6 is 0 Å². The van der Waals surface area contributed by atoms with E-state index < -0.39 is 0 Å². The Bertz CT molecular complexity index is 160. The number of hydrogen-bond donors (Lipinski definition) is 2. The summed E-state index contributed by atoms with van der Waals surface area (Å²) in [4.78, 5) is 0. The van der Waals surface area contributed by atoms with E-state index in [1.807, 2.05) is 20.8 Å². The highest BCUT2D eigenvalue weighted by Crippen LogP contribution is 2.11. The molecule has 70 valence electrons. The summed E-state index contributed by atoms with van der Waals surface area (Å²) in [6.45, 7) is 7.45. The van der Waals surface area contributed by atoms with E-state index in [1.54, 1.807) is 0 Å². The lowest BCUT2D eigenvalue weighted by Gasteiger charge is -2.22. The van der Waals surface area contributed by atoms with Crippen molar-refractivity contribution < 1.29 is 5.11 Å². The smallest absolute Gasteiger partial charge is 0.0666 e. The lowest BCUT2D eigenvalue weighted by atomic mass is 9.95. The second-order valence-corrected chi connectivity index (χ2v) is 3.98. The monoisotopic (exact) mass is 170 g/mol. The molecule has 0 aliphatic heterocycles. The fourth-order valence-corrected chi connectivity index (χ4v) is 0.729. The average molecular weight is 170 g/mol. The summed E-state index contributed by atoms with van der Waals surface area (Å²) in [5, 5.41) is 20.5. The maximum atomic E-state index is 8.91. The van der Waals surface area contributed by atoms with E-state index in [-0.39, 0.29) is 17.9 Å². The first kappa shape index (κ1) is 11.4. The Hall–Kier alpha value is -0.590. The lowest BCUT2D eigenvalue weighted by Crippen LogP contribution is -2.34. The molecule has 0 rings (SSSR count). The van der Waals surface area contributed by atoms with Crippen LogP contribution in [0.1, 0.15) is 20.8 Å². The number of aliphatic hydroxyl groups is 1. The fraction of sp³-hybridized carbons (Fsp3) is 0.889. The van der Waals surface area contributed by atoms with Crippen molar-refractivity contribution in [3.05, 3.63) is 0 Å². The molecule has 3 nitrogen and oxygen atoms in total. The van der Waals surface area contributed by atoms with Gasteiger partial charge in [0, 0.05) is 25.1 Å². The van der Waals surface area contributed by atoms with Crippen LogP contribution in [-0.4, -0.2) is 24.8 Å². The van der Waals surface area contributed by atoms with Crippen molar-refractivity contribution in [2.75, 3.05) is 19.7 Å². The van der Waals surface area contributed by atoms with E-state index in [0.29, 0.717) is 6.54 Å². The van der Waals surface area contributed by atoms with Crippen LogP contribution in [0.5, 0.6) is 0 Å². The molecule has 0 heterocycles. The summed E-state index contributed by atoms with van der Waals surface area (Å²) in [6.07, 6.45) is 0. The van der Waals surface area contributed by atoms with Gasteiger partial charge >= 0.3 is 0 Å². The predicted molar refractivity (Wildman–Crippen MR) is 48.5 cm³/mol. The molecule has 0 aliphatic carbocycles. The molecule has 0 amide bonds. The second-order valence-electron chi connectivity index (χ2n) is 3.98. The molecule has 12 heavy (non-hydrogen) atoms. The summed E-state index contributed by atoms with van der Waals surface area (Å²) in [6, 6.07) is 2.14. The minimum absolute atomic E-state index is 0.0412. The minimum atomic E-state index is -0.0881. The molecule has 0 aliphatic rings. The molecule has 0 bridgehead atoms. The molecule has 0 aromatic rings. The number of nitrogens with one attached hydrogen (secondary N) is 1. The molecule has 0 aromatic carbocycles. The third-order valence-corrected chi connectivity index (χ3v) is 1.70. The maximum absolute atomic E-state index is 8.91. The number of nitriles is 1. The zero-order chi connectivity index (χ0) is 9.61. The van der Waals surface area contributed by atoms with Gasteiger partial charge in [-0.2, -0.15) is 5.26 Å². The SMILES string of the molecule is CC(C#N)CNCC(C)(C)CO. The summed E-state index contributed by atoms with van der Waals surface area (Å²) in [5.74, 6) is 0.0412. The highest BCUT2D eigenvalue weighted by molar-refractivity contribution is 4.81. The van der Waals surface area contributed by atoms with Crippen molar-refractivity contribution in [3.8, 4) is 6.07 Å². The second kappa shape index (κ2) is 5.13. The zero-order valence-corrected chi connectivity index (χ0v) is 8.09. The van der Waals surface area contributed by atoms with Crippen molar-refractivity contribution >= 4 is 0 Å². The van der Waals surface area contributed by atoms with Gasteiger partial charge in [-0.1, -0.05) is 13.8 Å². The van der Waals surface area contributed by atoms with E-state index in [1.165, 1.54) is 0 Å². The van der Waals surface area contributed by atoms with Gasteiger partial charge in [0.05, 0.1) is 12.0 Å². The Labute approximate surface area is 74.4 Å². The van der Waals surface area contributed by atoms with Crippen LogP contribution in [0.4, 0.5) is 0 Å². The summed E-state index contributed by atoms with van der Waals surface area (Å²) in [5.41, 5.74) is -0.0881. The molecule has 0 radical (unpaired) electrons. The zero-order valence-electron chi connectivity index (χ0n) is 8.09. The standard InChI is InChI=1S/C9H18N2O/c1-8(4-10)5-11-6-9(2,3)7-12/h8,11-12H,5-7H2,1-3H3. The van der Waals surface area contributed by atoms with Gasteiger partial charge in [-0.15, -0.1) is 0 Å². The van der Waals surface area contributed by atoms with Crippen LogP contribution in [0, 0.1) is 22.7 Å². The number of hydrogen-bond acceptors (Lipinski definition) is 3. The van der Waals surface area contributed by atoms with Gasteiger partial charge in [-0.3, -0.25) is 0 Å². The van der Waals surface area contributed by atoms with Gasteiger partial charge in [-0.05, 0) is 6.92 Å². The van der Waals surface area contributed by atoms with Crippen LogP contribution in [-0.2, 0) is 0 Å². The first-order valence-electron chi connectivity index (χ1n) is 4.23. The van der Waals surface area contributed by atoms with E-state index in [2.05, 4.69) is 11.4 Å². The molecule has 0 spiro atoms. The van der Waals surface area contributed by atoms with Gasteiger partial charge in [0.2, 0.25) is 0 Å². The van der Waals surface area contributed by atoms with Crippen molar-refractivity contribution in [1.29, 1.82) is 5.26 Å². The molecule has 2 N–H and O–H groups in total. The van der Waals surface area contributed by atoms with Gasteiger partial charge < -0.3 is 10.4 Å². The molecular weight excluding hydrogens is 152 g/mol. The van der Waals surface area contributed by atoms with E-state index in [4.69, 9.17) is 10.4 Å². The third-order valence-electron chi connectivity index (χ3n) is 1.70. The number of rotatable bonds is 5. The highest BCUT2D eigenvalue weighted by Gasteiger charge is 2.15. The molecule has 0 saturated carbocycles. The van der Waals surface area contributed by atoms with Crippen molar-refractivity contribution in [2.45, 2.75) is 20.8 Å². The molecule has 0 aromatic heterocycles. The van der Waals surface area contributed by atoms with Crippen LogP contribution in [0.15, 0.2) is 0 Å². The van der Waals surface area contributed by atoms with Gasteiger partial charge in [0.1, 0.15) is 0 Å². The Morgan fingerprint density at radius 3 is 2.58 bits per heavy atom. The van der Waals surface area contributed by atoms with Crippen molar-refractivity contribution in [3.63, 3.8) is 0 Å². The Morgan fingerprint density at radius 2 is 2.17 bits per heavy atom. The Morgan fingerprint density at radius 1 is 1.58 bits per heavy atom. The summed E-state index contributed by atoms with van der Waals surface area (Å²) >= 11 is 0. The normalized spacial score (nSPS) is 13.9. The topological polar surface area (TPSA) is 56.0 Å². The molecular formula is C9H18N2O. The fourth-order valence-electron chi connectivity index (χ4n) is 0.729. The first-order chi connectivity index (χ1) is 5.52. The quantitative estimate of drug-likeness (QED) is 0.640. The van der Waals surface area contributed by atoms with E-state index in [9.17, 15) is 0 Å². The summed E-state index contributed by atoms with van der Waals surface area (Å²) in [7, 11) is 0. The van der Waals surface area contributed by atoms with Crippen LogP contribution in [0.25, 0.3) is 0 Å². The predicted octanol–water partition coefficient (Wildman–Crippen LogP) is 0.754. The summed E-state index contributed by atoms with van der Waals surface area (Å²) < 4.78 is 0. The van der Waals surface area contributed by atoms with Gasteiger partial charge in [0.15, 0.2) is 0 Å². The van der Waals surface area contributed by atoms with Crippen LogP contribution in [0.2, 0.25) is 0 Å². The number of aliphatic hydroxyl groups excluding tert-OH is 1. The molecule has 3 heteroatoms. The van der Waals surface area contributed by atoms with Crippen molar-refractivity contribution in [2.24, 2.45) is 11.3 Å². The third kappa shape index (κ3) is 5.11. The first-order valence-corrected chi connectivity index (χ1v) is 4.23. The maximum Gasteiger partial charge on any atom is 0.0666 e. The number of nitrogens with zero attached hydrogens (tertiary/aromatic N) is 1. The molecule has 0 fully saturated rings. The lowest BCUT2D eigenvalue weighted by molar-refractivity contribution is 0.156. The van der Waals surface area contributed by atoms with Crippen LogP contribution in [0.3, 0.4) is 0 Å². The van der Waals surface area contributed by atoms with E-state index in [0.717, 1.165) is 6.54 Å². The molecule has 1 atom stereocenters. The highest BCUT2D eigenvalue weighted by atomic mass is 16.3. The van der Waals surface area contributed by atoms with Crippen LogP contribution < -0.4 is 5.32 Å². The van der Waals surface area contributed by atoms with Gasteiger partial charge in [0.25, 0.3) is 0 Å². The Balaban J connectivity index is 3.51. The van der Waals surface area contributed by atoms with Crippen molar-refractivity contribution in [1.82, 2.24) is 5.32 Å². The molecule has 1 unspecified atom stereocenters. The molecule has 0 saturated heterocycles. The minimum Gasteiger partial charge on any atom is -0.396 e.